The van der Waals surface area contributed by atoms with Gasteiger partial charge in [0, 0.05) is 12.1 Å². The number of aliphatic hydroxyl groups excluding tert-OH is 1. The van der Waals surface area contributed by atoms with Crippen LogP contribution in [0.25, 0.3) is 0 Å². The highest BCUT2D eigenvalue weighted by molar-refractivity contribution is 5.76. The van der Waals surface area contributed by atoms with Gasteiger partial charge in [0.15, 0.2) is 6.29 Å². The van der Waals surface area contributed by atoms with Gasteiger partial charge < -0.3 is 34.3 Å². The third-order valence-electron chi connectivity index (χ3n) is 8.53. The Hall–Kier alpha value is -2.81. The third kappa shape index (κ3) is 6.09. The van der Waals surface area contributed by atoms with E-state index in [4.69, 9.17) is 18.9 Å². The molecule has 2 amide bonds. The van der Waals surface area contributed by atoms with Crippen molar-refractivity contribution >= 4 is 6.03 Å². The van der Waals surface area contributed by atoms with Crippen LogP contribution in [0, 0.1) is 6.92 Å². The van der Waals surface area contributed by atoms with Crippen molar-refractivity contribution in [3.05, 3.63) is 58.7 Å². The van der Waals surface area contributed by atoms with E-state index in [-0.39, 0.29) is 18.2 Å². The molecule has 3 fully saturated rings. The number of epoxide rings is 1. The average molecular weight is 553 g/mol. The summed E-state index contributed by atoms with van der Waals surface area (Å²) < 4.78 is 23.8. The van der Waals surface area contributed by atoms with Crippen LogP contribution in [-0.2, 0) is 16.1 Å². The van der Waals surface area contributed by atoms with Gasteiger partial charge in [-0.25, -0.2) is 4.79 Å². The van der Waals surface area contributed by atoms with Crippen LogP contribution in [0.3, 0.4) is 0 Å². The number of carbonyl (C=O) groups excluding carboxylic acids is 1. The Kier molecular flexibility index (Phi) is 8.88. The first kappa shape index (κ1) is 28.7. The maximum Gasteiger partial charge on any atom is 0.318 e. The molecule has 0 radical (unpaired) electrons. The molecule has 3 aliphatic rings. The Bertz CT molecular complexity index is 1160. The van der Waals surface area contributed by atoms with Crippen LogP contribution in [0.5, 0.6) is 11.5 Å². The maximum atomic E-state index is 13.9. The van der Waals surface area contributed by atoms with E-state index in [1.165, 1.54) is 0 Å². The molecule has 40 heavy (non-hydrogen) atoms. The fourth-order valence-corrected chi connectivity index (χ4v) is 5.97. The Morgan fingerprint density at radius 1 is 1.18 bits per heavy atom. The molecule has 1 saturated heterocycles. The fourth-order valence-electron chi connectivity index (χ4n) is 5.97. The van der Waals surface area contributed by atoms with Gasteiger partial charge in [-0.05, 0) is 88.5 Å². The quantitative estimate of drug-likeness (QED) is 0.234. The van der Waals surface area contributed by atoms with Gasteiger partial charge in [-0.15, -0.1) is 0 Å². The zero-order valence-corrected chi connectivity index (χ0v) is 24.3. The molecule has 2 saturated carbocycles. The summed E-state index contributed by atoms with van der Waals surface area (Å²) in [5.74, 6) is 2.20. The number of urea groups is 1. The van der Waals surface area contributed by atoms with Crippen molar-refractivity contribution in [2.75, 3.05) is 26.4 Å². The first-order chi connectivity index (χ1) is 19.4. The minimum Gasteiger partial charge on any atom is -0.493 e. The zero-order chi connectivity index (χ0) is 28.3. The topological polar surface area (TPSA) is 92.8 Å². The summed E-state index contributed by atoms with van der Waals surface area (Å²) in [6.07, 6.45) is 3.72. The van der Waals surface area contributed by atoms with E-state index in [1.807, 2.05) is 49.1 Å². The van der Waals surface area contributed by atoms with Gasteiger partial charge in [-0.3, -0.25) is 0 Å². The second-order valence-electron chi connectivity index (χ2n) is 11.3. The van der Waals surface area contributed by atoms with Crippen LogP contribution >= 0.6 is 0 Å². The molecule has 1 heterocycles. The van der Waals surface area contributed by atoms with E-state index in [0.717, 1.165) is 65.9 Å². The smallest absolute Gasteiger partial charge is 0.318 e. The molecular weight excluding hydrogens is 508 g/mol. The van der Waals surface area contributed by atoms with Crippen molar-refractivity contribution in [3.8, 4) is 11.5 Å². The summed E-state index contributed by atoms with van der Waals surface area (Å²) in [5, 5.41) is 13.2. The molecule has 8 nitrogen and oxygen atoms in total. The first-order valence-electron chi connectivity index (χ1n) is 14.9. The predicted octanol–water partition coefficient (Wildman–Crippen LogP) is 5.60. The van der Waals surface area contributed by atoms with Crippen LogP contribution in [0.2, 0.25) is 0 Å². The largest absolute Gasteiger partial charge is 0.493 e. The minimum atomic E-state index is -0.805. The van der Waals surface area contributed by atoms with Crippen molar-refractivity contribution in [2.24, 2.45) is 0 Å². The monoisotopic (exact) mass is 552 g/mol. The zero-order valence-electron chi connectivity index (χ0n) is 24.3. The molecule has 0 bridgehead atoms. The van der Waals surface area contributed by atoms with Crippen LogP contribution < -0.4 is 14.8 Å². The van der Waals surface area contributed by atoms with E-state index in [9.17, 15) is 9.90 Å². The van der Waals surface area contributed by atoms with Gasteiger partial charge in [0.25, 0.3) is 0 Å². The lowest BCUT2D eigenvalue weighted by molar-refractivity contribution is 0.0786. The lowest BCUT2D eigenvalue weighted by atomic mass is 9.74. The third-order valence-corrected chi connectivity index (χ3v) is 8.53. The number of benzene rings is 2. The van der Waals surface area contributed by atoms with Crippen molar-refractivity contribution in [3.63, 3.8) is 0 Å². The summed E-state index contributed by atoms with van der Waals surface area (Å²) in [4.78, 5) is 15.8. The molecule has 0 aromatic heterocycles. The molecule has 2 unspecified atom stereocenters. The van der Waals surface area contributed by atoms with E-state index in [1.54, 1.807) is 0 Å². The van der Waals surface area contributed by atoms with E-state index < -0.39 is 11.8 Å². The number of nitrogens with one attached hydrogen (secondary N) is 1. The summed E-state index contributed by atoms with van der Waals surface area (Å²) in [5.41, 5.74) is 3.78. The van der Waals surface area contributed by atoms with Gasteiger partial charge in [0.05, 0.1) is 38.0 Å². The van der Waals surface area contributed by atoms with Gasteiger partial charge in [0.1, 0.15) is 17.6 Å². The SMILES string of the molecule is CCOc1cc([C@@H](C)N(CCOCc2ccccc2)C(=O)NC2(C3OC3O)CCC2)c(C)c(OCC)c1C1CC1. The second-order valence-corrected chi connectivity index (χ2v) is 11.3. The number of rotatable bonds is 14. The molecule has 0 spiro atoms. The number of nitrogens with zero attached hydrogens (tertiary/aromatic N) is 1. The molecule has 2 N–H and O–H groups in total. The Morgan fingerprint density at radius 2 is 1.88 bits per heavy atom. The lowest BCUT2D eigenvalue weighted by Gasteiger charge is -2.43. The van der Waals surface area contributed by atoms with Crippen LogP contribution in [0.1, 0.15) is 87.1 Å². The van der Waals surface area contributed by atoms with Gasteiger partial charge in [-0.2, -0.15) is 0 Å². The summed E-state index contributed by atoms with van der Waals surface area (Å²) in [6.45, 7) is 10.5. The van der Waals surface area contributed by atoms with Gasteiger partial charge in [-0.1, -0.05) is 30.3 Å². The predicted molar refractivity (Wildman–Crippen MR) is 153 cm³/mol. The first-order valence-corrected chi connectivity index (χ1v) is 14.9. The second kappa shape index (κ2) is 12.4. The lowest BCUT2D eigenvalue weighted by Crippen LogP contribution is -2.61. The summed E-state index contributed by atoms with van der Waals surface area (Å²) in [6, 6.07) is 11.7. The van der Waals surface area contributed by atoms with Gasteiger partial charge >= 0.3 is 6.03 Å². The average Bonchev–Trinajstić information content (AvgIpc) is 3.86. The van der Waals surface area contributed by atoms with E-state index in [0.29, 0.717) is 38.9 Å². The molecule has 5 rings (SSSR count). The van der Waals surface area contributed by atoms with Crippen LogP contribution in [-0.4, -0.2) is 60.3 Å². The summed E-state index contributed by atoms with van der Waals surface area (Å²) >= 11 is 0. The molecule has 3 atom stereocenters. The number of hydrogen-bond acceptors (Lipinski definition) is 6. The summed E-state index contributed by atoms with van der Waals surface area (Å²) in [7, 11) is 0. The van der Waals surface area contributed by atoms with Crippen molar-refractivity contribution in [1.29, 1.82) is 0 Å². The molecular formula is C32H44N2O6. The van der Waals surface area contributed by atoms with Crippen molar-refractivity contribution in [1.82, 2.24) is 10.2 Å². The number of carbonyl (C=O) groups is 1. The fraction of sp³-hybridized carbons (Fsp3) is 0.594. The number of amides is 2. The van der Waals surface area contributed by atoms with Crippen LogP contribution in [0.15, 0.2) is 36.4 Å². The maximum absolute atomic E-state index is 13.9. The minimum absolute atomic E-state index is 0.181. The molecule has 8 heteroatoms. The standard InChI is InChI=1S/C32H44N2O6/c1-5-38-26-19-25(21(3)28(39-6-2)27(26)24-13-14-24)22(4)34(17-18-37-20-23-11-8-7-9-12-23)31(36)33-32(15-10-16-32)29-30(35)40-29/h7-9,11-12,19,22,24,29-30,35H,5-6,10,13-18,20H2,1-4H3,(H,33,36)/t22-,29?,30?/m1/s1. The molecule has 1 aliphatic heterocycles. The highest BCUT2D eigenvalue weighted by Gasteiger charge is 2.58. The van der Waals surface area contributed by atoms with E-state index >= 15 is 0 Å². The molecule has 2 aliphatic carbocycles. The highest BCUT2D eigenvalue weighted by Crippen LogP contribution is 2.52. The Morgan fingerprint density at radius 3 is 2.45 bits per heavy atom. The van der Waals surface area contributed by atoms with E-state index in [2.05, 4.69) is 25.2 Å². The van der Waals surface area contributed by atoms with Crippen molar-refractivity contribution < 1.29 is 28.8 Å². The molecule has 2 aromatic carbocycles. The number of aliphatic hydroxyl groups is 1. The Balaban J connectivity index is 1.41. The molecule has 218 valence electrons. The molecule has 2 aromatic rings. The van der Waals surface area contributed by atoms with Crippen molar-refractivity contribution in [2.45, 2.75) is 96.3 Å². The Labute approximate surface area is 237 Å². The van der Waals surface area contributed by atoms with Crippen LogP contribution in [0.4, 0.5) is 4.79 Å². The number of ether oxygens (including phenoxy) is 4. The number of hydrogen-bond donors (Lipinski definition) is 2. The van der Waals surface area contributed by atoms with Gasteiger partial charge in [0.2, 0.25) is 0 Å². The normalized spacial score (nSPS) is 21.7. The highest BCUT2D eigenvalue weighted by atomic mass is 16.7.